The van der Waals surface area contributed by atoms with E-state index in [2.05, 4.69) is 172 Å². The van der Waals surface area contributed by atoms with Gasteiger partial charge in [0.05, 0.1) is 27.7 Å². The molecule has 0 aliphatic carbocycles. The number of unbranched alkanes of at least 4 members (excludes halogenated alkanes) is 15. The van der Waals surface area contributed by atoms with Gasteiger partial charge in [0.1, 0.15) is 19.8 Å². The van der Waals surface area contributed by atoms with Crippen molar-refractivity contribution in [1.29, 1.82) is 0 Å². The minimum absolute atomic E-state index is 0.0470. The number of allylic oxidation sites excluding steroid dienone is 26. The van der Waals surface area contributed by atoms with Gasteiger partial charge in [0, 0.05) is 12.8 Å². The van der Waals surface area contributed by atoms with Crippen LogP contribution in [0, 0.1) is 0 Å². The topological polar surface area (TPSA) is 111 Å². The number of carbonyl (C=O) groups excluding carboxylic acids is 2. The number of rotatable bonds is 55. The zero-order valence-electron chi connectivity index (χ0n) is 51.2. The highest BCUT2D eigenvalue weighted by Gasteiger charge is 2.21. The number of hydrogen-bond donors (Lipinski definition) is 0. The Kier molecular flexibility index (Phi) is 56.0. The van der Waals surface area contributed by atoms with Crippen molar-refractivity contribution in [3.05, 3.63) is 158 Å². The number of phosphoric ester groups is 1. The highest BCUT2D eigenvalue weighted by molar-refractivity contribution is 7.45. The molecule has 0 fully saturated rings. The van der Waals surface area contributed by atoms with E-state index in [4.69, 9.17) is 18.5 Å². The van der Waals surface area contributed by atoms with Gasteiger partial charge in [-0.05, 0) is 122 Å². The van der Waals surface area contributed by atoms with Gasteiger partial charge in [-0.1, -0.05) is 242 Å². The first-order chi connectivity index (χ1) is 39.0. The third-order valence-corrected chi connectivity index (χ3v) is 13.5. The lowest BCUT2D eigenvalue weighted by Gasteiger charge is -2.28. The molecule has 0 heterocycles. The molecule has 0 N–H and O–H groups in total. The summed E-state index contributed by atoms with van der Waals surface area (Å²) in [5, 5.41) is 0. The van der Waals surface area contributed by atoms with E-state index in [0.29, 0.717) is 23.9 Å². The van der Waals surface area contributed by atoms with Gasteiger partial charge in [-0.15, -0.1) is 0 Å². The fraction of sp³-hybridized carbons (Fsp3) is 0.600. The molecule has 0 aromatic rings. The quantitative estimate of drug-likeness (QED) is 0.0195. The fourth-order valence-electron chi connectivity index (χ4n) is 7.82. The molecule has 0 rings (SSSR count). The van der Waals surface area contributed by atoms with Crippen molar-refractivity contribution in [3.8, 4) is 0 Å². The summed E-state index contributed by atoms with van der Waals surface area (Å²) in [7, 11) is 1.12. The Hall–Kier alpha value is -4.37. The van der Waals surface area contributed by atoms with Crippen molar-refractivity contribution < 1.29 is 42.1 Å². The van der Waals surface area contributed by atoms with E-state index in [1.165, 1.54) is 57.8 Å². The number of nitrogens with zero attached hydrogens (tertiary/aromatic N) is 1. The molecule has 0 radical (unpaired) electrons. The molecule has 452 valence electrons. The normalized spacial score (nSPS) is 14.3. The first-order valence-electron chi connectivity index (χ1n) is 31.2. The molecule has 0 spiro atoms. The first-order valence-corrected chi connectivity index (χ1v) is 32.7. The predicted octanol–water partition coefficient (Wildman–Crippen LogP) is 19.4. The molecule has 10 heteroatoms. The zero-order chi connectivity index (χ0) is 58.4. The van der Waals surface area contributed by atoms with Crippen LogP contribution in [0.4, 0.5) is 0 Å². The van der Waals surface area contributed by atoms with Crippen LogP contribution in [0.2, 0.25) is 0 Å². The van der Waals surface area contributed by atoms with Crippen LogP contribution in [0.15, 0.2) is 158 Å². The smallest absolute Gasteiger partial charge is 0.306 e. The lowest BCUT2D eigenvalue weighted by molar-refractivity contribution is -0.870. The summed E-state index contributed by atoms with van der Waals surface area (Å²) in [6.45, 7) is 3.95. The van der Waals surface area contributed by atoms with Crippen LogP contribution in [0.3, 0.4) is 0 Å². The Morgan fingerprint density at radius 3 is 1.01 bits per heavy atom. The standard InChI is InChI=1S/C70H114NO8P/c1-6-8-10-12-14-16-18-20-22-24-26-28-30-32-33-34-35-36-37-39-41-43-45-47-49-51-53-55-57-59-61-63-70(73)79-68(67-78-80(74,75)77-65-64-71(3,4)5)66-76-69(72)62-60-58-56-54-52-50-48-46-44-42-40-38-31-29-27-25-23-21-19-17-15-13-11-9-7-2/h8-11,14-17,20-23,26-29,32-33,35-36,39,41,45,47,51,53,68H,6-7,12-13,18-19,24-25,30-31,34,37-38,40,42-44,46,48-50,52,54-67H2,1-5H3/b10-8-,11-9-,16-14-,17-15-,22-20-,23-21-,28-26-,29-27-,33-32-,36-35-,41-39-,47-45-,53-51-. The van der Waals surface area contributed by atoms with E-state index in [1.807, 2.05) is 21.1 Å². The number of phosphoric acid groups is 1. The Balaban J connectivity index is 4.26. The van der Waals surface area contributed by atoms with E-state index in [9.17, 15) is 19.0 Å². The van der Waals surface area contributed by atoms with E-state index in [1.54, 1.807) is 0 Å². The van der Waals surface area contributed by atoms with Crippen molar-refractivity contribution in [2.24, 2.45) is 0 Å². The van der Waals surface area contributed by atoms with Gasteiger partial charge in [-0.25, -0.2) is 0 Å². The zero-order valence-corrected chi connectivity index (χ0v) is 52.1. The van der Waals surface area contributed by atoms with Gasteiger partial charge < -0.3 is 27.9 Å². The van der Waals surface area contributed by atoms with Crippen LogP contribution >= 0.6 is 7.82 Å². The molecule has 0 aliphatic heterocycles. The maximum atomic E-state index is 12.8. The number of quaternary nitrogens is 1. The average molecular weight is 1130 g/mol. The molecule has 9 nitrogen and oxygen atoms in total. The van der Waals surface area contributed by atoms with Gasteiger partial charge in [0.25, 0.3) is 7.82 Å². The van der Waals surface area contributed by atoms with Crippen LogP contribution in [0.5, 0.6) is 0 Å². The third-order valence-electron chi connectivity index (χ3n) is 12.5. The van der Waals surface area contributed by atoms with Crippen molar-refractivity contribution in [3.63, 3.8) is 0 Å². The van der Waals surface area contributed by atoms with E-state index >= 15 is 0 Å². The molecule has 80 heavy (non-hydrogen) atoms. The maximum Gasteiger partial charge on any atom is 0.306 e. The number of ether oxygens (including phenoxy) is 2. The van der Waals surface area contributed by atoms with Crippen molar-refractivity contribution in [2.45, 2.75) is 225 Å². The highest BCUT2D eigenvalue weighted by atomic mass is 31.2. The SMILES string of the molecule is CC/C=C\C/C=C\C/C=C\C/C=C\C/C=C\C/C=C\C/C=C\C/C=C\C/C=C\CCCCCC(=O)OC(COC(=O)CCCCCCCCCCCCCC/C=C\C/C=C\C/C=C\C/C=C\CC)COP(=O)([O-])OCC[N+](C)(C)C. The largest absolute Gasteiger partial charge is 0.756 e. The summed E-state index contributed by atoms with van der Waals surface area (Å²) in [5.74, 6) is -0.885. The first kappa shape index (κ1) is 75.6. The van der Waals surface area contributed by atoms with E-state index in [0.717, 1.165) is 122 Å². The van der Waals surface area contributed by atoms with Crippen molar-refractivity contribution in [2.75, 3.05) is 47.5 Å². The molecule has 0 amide bonds. The minimum Gasteiger partial charge on any atom is -0.756 e. The van der Waals surface area contributed by atoms with Crippen LogP contribution in [0.1, 0.15) is 219 Å². The third kappa shape index (κ3) is 62.8. The molecule has 0 aromatic heterocycles. The predicted molar refractivity (Wildman–Crippen MR) is 341 cm³/mol. The second-order valence-corrected chi connectivity index (χ2v) is 22.7. The lowest BCUT2D eigenvalue weighted by Crippen LogP contribution is -2.37. The second-order valence-electron chi connectivity index (χ2n) is 21.3. The van der Waals surface area contributed by atoms with Crippen LogP contribution in [0.25, 0.3) is 0 Å². The van der Waals surface area contributed by atoms with Gasteiger partial charge in [0.2, 0.25) is 0 Å². The second kappa shape index (κ2) is 59.3. The Bertz CT molecular complexity index is 1900. The molecule has 0 saturated heterocycles. The summed E-state index contributed by atoms with van der Waals surface area (Å²) in [6, 6.07) is 0. The molecule has 0 saturated carbocycles. The summed E-state index contributed by atoms with van der Waals surface area (Å²) in [4.78, 5) is 38.0. The van der Waals surface area contributed by atoms with Crippen molar-refractivity contribution >= 4 is 19.8 Å². The fourth-order valence-corrected chi connectivity index (χ4v) is 8.54. The Labute approximate surface area is 490 Å². The average Bonchev–Trinajstić information content (AvgIpc) is 3.42. The summed E-state index contributed by atoms with van der Waals surface area (Å²) >= 11 is 0. The number of likely N-dealkylation sites (N-methyl/N-ethyl adjacent to an activating group) is 1. The molecule has 2 unspecified atom stereocenters. The van der Waals surface area contributed by atoms with Gasteiger partial charge in [0.15, 0.2) is 6.10 Å². The van der Waals surface area contributed by atoms with Gasteiger partial charge in [-0.3, -0.25) is 14.2 Å². The summed E-state index contributed by atoms with van der Waals surface area (Å²) in [6.07, 6.45) is 88.7. The molecule has 2 atom stereocenters. The van der Waals surface area contributed by atoms with E-state index in [-0.39, 0.29) is 26.1 Å². The monoisotopic (exact) mass is 1130 g/mol. The van der Waals surface area contributed by atoms with Crippen molar-refractivity contribution in [1.82, 2.24) is 0 Å². The van der Waals surface area contributed by atoms with Gasteiger partial charge >= 0.3 is 11.9 Å². The molecule has 0 bridgehead atoms. The summed E-state index contributed by atoms with van der Waals surface area (Å²) in [5.41, 5.74) is 0. The number of esters is 2. The Morgan fingerprint density at radius 2 is 0.675 bits per heavy atom. The molecule has 0 aliphatic rings. The van der Waals surface area contributed by atoms with E-state index < -0.39 is 32.5 Å². The maximum absolute atomic E-state index is 12.8. The number of carbonyl (C=O) groups is 2. The molecule has 0 aromatic carbocycles. The highest BCUT2D eigenvalue weighted by Crippen LogP contribution is 2.38. The minimum atomic E-state index is -4.66. The number of hydrogen-bond acceptors (Lipinski definition) is 8. The van der Waals surface area contributed by atoms with Crippen LogP contribution in [-0.4, -0.2) is 70.0 Å². The summed E-state index contributed by atoms with van der Waals surface area (Å²) < 4.78 is 34.2. The Morgan fingerprint density at radius 1 is 0.388 bits per heavy atom. The lowest BCUT2D eigenvalue weighted by atomic mass is 10.0. The molecular weight excluding hydrogens is 1010 g/mol. The van der Waals surface area contributed by atoms with Gasteiger partial charge in [-0.2, -0.15) is 0 Å². The molecular formula is C70H114NO8P. The van der Waals surface area contributed by atoms with Crippen LogP contribution in [-0.2, 0) is 32.7 Å². The van der Waals surface area contributed by atoms with Crippen LogP contribution < -0.4 is 4.89 Å².